The van der Waals surface area contributed by atoms with Crippen molar-refractivity contribution in [2.45, 2.75) is 19.4 Å². The molecule has 1 unspecified atom stereocenters. The lowest BCUT2D eigenvalue weighted by Gasteiger charge is -2.14. The number of nitrogens with zero attached hydrogens (tertiary/aromatic N) is 1. The molecule has 0 bridgehead atoms. The summed E-state index contributed by atoms with van der Waals surface area (Å²) < 4.78 is 0.725. The number of benzene rings is 1. The molecule has 104 valence electrons. The molecule has 1 heterocycles. The van der Waals surface area contributed by atoms with E-state index in [2.05, 4.69) is 26.2 Å². The van der Waals surface area contributed by atoms with Crippen molar-refractivity contribution in [3.63, 3.8) is 0 Å². The third-order valence-corrected chi connectivity index (χ3v) is 3.55. The zero-order valence-electron chi connectivity index (χ0n) is 10.9. The third kappa shape index (κ3) is 4.05. The van der Waals surface area contributed by atoms with Crippen LogP contribution in [0.4, 0.5) is 0 Å². The lowest BCUT2D eigenvalue weighted by molar-refractivity contribution is 0.0940. The highest BCUT2D eigenvalue weighted by molar-refractivity contribution is 9.10. The molecule has 0 saturated carbocycles. The number of hydrogen-bond donors (Lipinski definition) is 1. The maximum atomic E-state index is 12.2. The number of aromatic nitrogens is 1. The predicted molar refractivity (Wildman–Crippen MR) is 84.0 cm³/mol. The quantitative estimate of drug-likeness (QED) is 0.848. The van der Waals surface area contributed by atoms with Crippen LogP contribution >= 0.6 is 27.5 Å². The van der Waals surface area contributed by atoms with Crippen molar-refractivity contribution < 1.29 is 4.79 Å². The Morgan fingerprint density at radius 1 is 1.40 bits per heavy atom. The van der Waals surface area contributed by atoms with E-state index in [1.165, 1.54) is 5.56 Å². The molecule has 1 N–H and O–H groups in total. The highest BCUT2D eigenvalue weighted by Crippen LogP contribution is 2.18. The smallest absolute Gasteiger partial charge is 0.254 e. The minimum atomic E-state index is -0.216. The lowest BCUT2D eigenvalue weighted by atomic mass is 10.1. The van der Waals surface area contributed by atoms with E-state index in [1.54, 1.807) is 12.3 Å². The minimum absolute atomic E-state index is 0.0138. The van der Waals surface area contributed by atoms with Gasteiger partial charge in [0.2, 0.25) is 0 Å². The normalized spacial score (nSPS) is 11.9. The van der Waals surface area contributed by atoms with E-state index < -0.39 is 0 Å². The van der Waals surface area contributed by atoms with Crippen LogP contribution in [0.1, 0.15) is 22.8 Å². The molecule has 0 aliphatic rings. The molecule has 2 aromatic rings. The fraction of sp³-hybridized carbons (Fsp3) is 0.200. The van der Waals surface area contributed by atoms with Crippen LogP contribution in [0.2, 0.25) is 5.15 Å². The van der Waals surface area contributed by atoms with Crippen LogP contribution in [0, 0.1) is 0 Å². The first-order valence-electron chi connectivity index (χ1n) is 6.22. The number of rotatable bonds is 4. The summed E-state index contributed by atoms with van der Waals surface area (Å²) in [5, 5.41) is 3.13. The molecule has 0 aliphatic heterocycles. The van der Waals surface area contributed by atoms with Crippen molar-refractivity contribution in [1.29, 1.82) is 0 Å². The summed E-state index contributed by atoms with van der Waals surface area (Å²) in [6.45, 7) is 1.96. The van der Waals surface area contributed by atoms with Crippen molar-refractivity contribution in [3.8, 4) is 0 Å². The van der Waals surface area contributed by atoms with Crippen LogP contribution in [0.15, 0.2) is 47.1 Å². The number of amides is 1. The number of nitrogens with one attached hydrogen (secondary N) is 1. The fourth-order valence-corrected chi connectivity index (χ4v) is 2.42. The first kappa shape index (κ1) is 15.0. The average Bonchev–Trinajstić information content (AvgIpc) is 2.42. The molecule has 1 aromatic heterocycles. The number of hydrogen-bond acceptors (Lipinski definition) is 2. The molecule has 3 nitrogen and oxygen atoms in total. The van der Waals surface area contributed by atoms with E-state index in [-0.39, 0.29) is 17.1 Å². The zero-order chi connectivity index (χ0) is 14.5. The summed E-state index contributed by atoms with van der Waals surface area (Å²) in [6, 6.07) is 11.7. The maximum Gasteiger partial charge on any atom is 0.254 e. The number of halogens is 2. The Bertz CT molecular complexity index is 604. The SMILES string of the molecule is CC(Cc1ccccc1)NC(=O)c1cc(Br)cnc1Cl. The molecule has 5 heteroatoms. The van der Waals surface area contributed by atoms with Crippen LogP contribution in [0.5, 0.6) is 0 Å². The van der Waals surface area contributed by atoms with Crippen molar-refractivity contribution in [3.05, 3.63) is 63.3 Å². The van der Waals surface area contributed by atoms with Gasteiger partial charge in [-0.1, -0.05) is 41.9 Å². The summed E-state index contributed by atoms with van der Waals surface area (Å²) in [4.78, 5) is 16.1. The van der Waals surface area contributed by atoms with Gasteiger partial charge in [0.15, 0.2) is 0 Å². The van der Waals surface area contributed by atoms with Gasteiger partial charge < -0.3 is 5.32 Å². The second-order valence-electron chi connectivity index (χ2n) is 4.56. The largest absolute Gasteiger partial charge is 0.349 e. The molecule has 0 saturated heterocycles. The van der Waals surface area contributed by atoms with Crippen LogP contribution < -0.4 is 5.32 Å². The van der Waals surface area contributed by atoms with E-state index in [0.717, 1.165) is 10.9 Å². The van der Waals surface area contributed by atoms with Crippen molar-refractivity contribution in [2.24, 2.45) is 0 Å². The molecule has 20 heavy (non-hydrogen) atoms. The first-order chi connectivity index (χ1) is 9.56. The maximum absolute atomic E-state index is 12.2. The molecule has 0 fully saturated rings. The number of pyridine rings is 1. The summed E-state index contributed by atoms with van der Waals surface area (Å²) in [5.74, 6) is -0.216. The van der Waals surface area contributed by atoms with E-state index in [9.17, 15) is 4.79 Å². The van der Waals surface area contributed by atoms with E-state index >= 15 is 0 Å². The van der Waals surface area contributed by atoms with Gasteiger partial charge in [-0.3, -0.25) is 4.79 Å². The minimum Gasteiger partial charge on any atom is -0.349 e. The van der Waals surface area contributed by atoms with E-state index in [0.29, 0.717) is 5.56 Å². The van der Waals surface area contributed by atoms with E-state index in [1.807, 2.05) is 37.3 Å². The summed E-state index contributed by atoms with van der Waals surface area (Å²) in [6.07, 6.45) is 2.33. The van der Waals surface area contributed by atoms with E-state index in [4.69, 9.17) is 11.6 Å². The molecule has 0 spiro atoms. The standard InChI is InChI=1S/C15H14BrClN2O/c1-10(7-11-5-3-2-4-6-11)19-15(20)13-8-12(16)9-18-14(13)17/h2-6,8-10H,7H2,1H3,(H,19,20). The Morgan fingerprint density at radius 3 is 2.80 bits per heavy atom. The van der Waals surface area contributed by atoms with Gasteiger partial charge >= 0.3 is 0 Å². The second kappa shape index (κ2) is 6.86. The average molecular weight is 354 g/mol. The zero-order valence-corrected chi connectivity index (χ0v) is 13.3. The highest BCUT2D eigenvalue weighted by Gasteiger charge is 2.14. The van der Waals surface area contributed by atoms with Gasteiger partial charge in [-0.15, -0.1) is 0 Å². The Labute approximate surface area is 131 Å². The summed E-state index contributed by atoms with van der Waals surface area (Å²) in [7, 11) is 0. The molecule has 2 rings (SSSR count). The van der Waals surface area contributed by atoms with Crippen LogP contribution in [0.3, 0.4) is 0 Å². The van der Waals surface area contributed by atoms with Crippen LogP contribution in [-0.4, -0.2) is 16.9 Å². The van der Waals surface area contributed by atoms with Gasteiger partial charge in [-0.05, 0) is 40.9 Å². The van der Waals surface area contributed by atoms with Gasteiger partial charge in [-0.2, -0.15) is 0 Å². The van der Waals surface area contributed by atoms with Crippen LogP contribution in [0.25, 0.3) is 0 Å². The topological polar surface area (TPSA) is 42.0 Å². The first-order valence-corrected chi connectivity index (χ1v) is 7.39. The molecule has 1 atom stereocenters. The van der Waals surface area contributed by atoms with Gasteiger partial charge in [0.25, 0.3) is 5.91 Å². The summed E-state index contributed by atoms with van der Waals surface area (Å²) >= 11 is 9.23. The third-order valence-electron chi connectivity index (χ3n) is 2.81. The van der Waals surface area contributed by atoms with Gasteiger partial charge in [0.05, 0.1) is 5.56 Å². The Hall–Kier alpha value is -1.39. The van der Waals surface area contributed by atoms with Gasteiger partial charge in [0, 0.05) is 16.7 Å². The molecule has 0 radical (unpaired) electrons. The molecular formula is C15H14BrClN2O. The molecule has 1 aromatic carbocycles. The number of carbonyl (C=O) groups is 1. The van der Waals surface area contributed by atoms with Gasteiger partial charge in [0.1, 0.15) is 5.15 Å². The highest BCUT2D eigenvalue weighted by atomic mass is 79.9. The Morgan fingerprint density at radius 2 is 2.10 bits per heavy atom. The monoisotopic (exact) mass is 352 g/mol. The van der Waals surface area contributed by atoms with Crippen molar-refractivity contribution in [2.75, 3.05) is 0 Å². The van der Waals surface area contributed by atoms with Crippen LogP contribution in [-0.2, 0) is 6.42 Å². The second-order valence-corrected chi connectivity index (χ2v) is 5.83. The summed E-state index contributed by atoms with van der Waals surface area (Å²) in [5.41, 5.74) is 1.56. The fourth-order valence-electron chi connectivity index (χ4n) is 1.90. The Balaban J connectivity index is 2.02. The molecule has 1 amide bonds. The van der Waals surface area contributed by atoms with Crippen molar-refractivity contribution in [1.82, 2.24) is 10.3 Å². The number of carbonyl (C=O) groups excluding carboxylic acids is 1. The molecule has 0 aliphatic carbocycles. The lowest BCUT2D eigenvalue weighted by Crippen LogP contribution is -2.34. The molecular weight excluding hydrogens is 340 g/mol. The predicted octanol–water partition coefficient (Wildman–Crippen LogP) is 3.86. The van der Waals surface area contributed by atoms with Gasteiger partial charge in [-0.25, -0.2) is 4.98 Å². The van der Waals surface area contributed by atoms with Crippen molar-refractivity contribution >= 4 is 33.4 Å². The Kier molecular flexibility index (Phi) is 5.15.